The molecule has 4 heteroatoms. The molecule has 2 aromatic rings. The number of nitrogens with one attached hydrogen (secondary N) is 1. The molecule has 0 spiro atoms. The van der Waals surface area contributed by atoms with Crippen molar-refractivity contribution >= 4 is 18.0 Å². The number of anilines is 1. The Labute approximate surface area is 118 Å². The summed E-state index contributed by atoms with van der Waals surface area (Å²) in [5.74, 6) is 0.444. The summed E-state index contributed by atoms with van der Waals surface area (Å²) in [4.78, 5) is 7.11. The lowest BCUT2D eigenvalue weighted by Crippen LogP contribution is -2.11. The van der Waals surface area contributed by atoms with Crippen molar-refractivity contribution in [1.82, 2.24) is 9.97 Å². The lowest BCUT2D eigenvalue weighted by molar-refractivity contribution is 0.590. The van der Waals surface area contributed by atoms with E-state index in [1.807, 2.05) is 6.07 Å². The van der Waals surface area contributed by atoms with Gasteiger partial charge in [0, 0.05) is 11.6 Å². The summed E-state index contributed by atoms with van der Waals surface area (Å²) in [7, 11) is 0. The minimum Gasteiger partial charge on any atom is -0.384 e. The first-order chi connectivity index (χ1) is 8.77. The van der Waals surface area contributed by atoms with Crippen LogP contribution in [0.2, 0.25) is 0 Å². The zero-order valence-corrected chi connectivity index (χ0v) is 12.6. The number of nitrogens with two attached hydrogens (primary N) is 1. The van der Waals surface area contributed by atoms with Gasteiger partial charge in [0.05, 0.1) is 5.69 Å². The van der Waals surface area contributed by atoms with Gasteiger partial charge in [-0.2, -0.15) is 0 Å². The lowest BCUT2D eigenvalue weighted by atomic mass is 9.85. The van der Waals surface area contributed by atoms with Crippen LogP contribution in [0.15, 0.2) is 24.3 Å². The Bertz CT molecular complexity index is 666. The maximum atomic E-state index is 5.77. The molecule has 0 atom stereocenters. The van der Waals surface area contributed by atoms with Crippen molar-refractivity contribution in [3.63, 3.8) is 0 Å². The molecule has 1 aromatic heterocycles. The number of hydrogen-bond acceptors (Lipinski definition) is 3. The third kappa shape index (κ3) is 3.01. The van der Waals surface area contributed by atoms with Crippen LogP contribution in [0, 0.1) is 11.7 Å². The van der Waals surface area contributed by atoms with Crippen LogP contribution < -0.4 is 5.73 Å². The number of rotatable bonds is 1. The van der Waals surface area contributed by atoms with E-state index in [-0.39, 0.29) is 5.41 Å². The van der Waals surface area contributed by atoms with Crippen molar-refractivity contribution in [1.29, 1.82) is 0 Å². The highest BCUT2D eigenvalue weighted by atomic mass is 32.1. The number of aromatic nitrogens is 2. The smallest absolute Gasteiger partial charge is 0.199 e. The van der Waals surface area contributed by atoms with E-state index in [2.05, 4.69) is 55.9 Å². The minimum atomic E-state index is 0.109. The Kier molecular flexibility index (Phi) is 3.45. The van der Waals surface area contributed by atoms with Crippen LogP contribution in [0.4, 0.5) is 5.82 Å². The maximum absolute atomic E-state index is 5.77. The van der Waals surface area contributed by atoms with E-state index >= 15 is 0 Å². The Hall–Kier alpha value is -1.68. The molecule has 0 bridgehead atoms. The van der Waals surface area contributed by atoms with E-state index in [9.17, 15) is 0 Å². The lowest BCUT2D eigenvalue weighted by Gasteiger charge is -2.21. The van der Waals surface area contributed by atoms with Gasteiger partial charge in [-0.05, 0) is 41.7 Å². The van der Waals surface area contributed by atoms with Gasteiger partial charge in [-0.1, -0.05) is 32.9 Å². The molecule has 1 heterocycles. The molecular formula is C15H19N3S. The van der Waals surface area contributed by atoms with Gasteiger partial charge in [-0.15, -0.1) is 0 Å². The zero-order chi connectivity index (χ0) is 14.2. The second-order valence-corrected chi connectivity index (χ2v) is 6.19. The maximum Gasteiger partial charge on any atom is 0.199 e. The highest BCUT2D eigenvalue weighted by molar-refractivity contribution is 7.71. The van der Waals surface area contributed by atoms with Crippen molar-refractivity contribution in [2.45, 2.75) is 33.1 Å². The van der Waals surface area contributed by atoms with Crippen molar-refractivity contribution in [2.75, 3.05) is 5.73 Å². The average Bonchev–Trinajstić information content (AvgIpc) is 2.26. The van der Waals surface area contributed by atoms with Gasteiger partial charge in [0.2, 0.25) is 0 Å². The van der Waals surface area contributed by atoms with Crippen LogP contribution in [-0.2, 0) is 5.41 Å². The number of nitrogens with zero attached hydrogens (tertiary/aromatic N) is 1. The molecule has 0 saturated heterocycles. The number of benzene rings is 1. The van der Waals surface area contributed by atoms with Crippen LogP contribution in [0.1, 0.15) is 31.9 Å². The molecule has 1 aromatic carbocycles. The van der Waals surface area contributed by atoms with E-state index < -0.39 is 0 Å². The van der Waals surface area contributed by atoms with Gasteiger partial charge in [0.25, 0.3) is 0 Å². The Morgan fingerprint density at radius 2 is 1.89 bits per heavy atom. The molecule has 0 aliphatic heterocycles. The molecule has 2 rings (SSSR count). The Morgan fingerprint density at radius 1 is 1.21 bits per heavy atom. The standard InChI is InChI=1S/C15H19N3S/c1-9-5-6-10(15(2,3)4)7-11(9)12-8-13(16)18-14(19)17-12/h5-8H,1-4H3,(H3,16,17,18,19). The van der Waals surface area contributed by atoms with Crippen LogP contribution in [0.25, 0.3) is 11.3 Å². The predicted molar refractivity (Wildman–Crippen MR) is 82.7 cm³/mol. The molecule has 0 fully saturated rings. The van der Waals surface area contributed by atoms with Gasteiger partial charge in [-0.3, -0.25) is 0 Å². The van der Waals surface area contributed by atoms with Crippen LogP contribution in [0.3, 0.4) is 0 Å². The first-order valence-electron chi connectivity index (χ1n) is 6.26. The molecule has 0 aliphatic rings. The van der Waals surface area contributed by atoms with Gasteiger partial charge >= 0.3 is 0 Å². The molecule has 3 N–H and O–H groups in total. The second-order valence-electron chi connectivity index (χ2n) is 5.80. The summed E-state index contributed by atoms with van der Waals surface area (Å²) < 4.78 is 0.413. The highest BCUT2D eigenvalue weighted by Gasteiger charge is 2.15. The molecule has 0 aliphatic carbocycles. The van der Waals surface area contributed by atoms with Gasteiger partial charge < -0.3 is 10.7 Å². The van der Waals surface area contributed by atoms with E-state index in [4.69, 9.17) is 18.0 Å². The molecule has 0 radical (unpaired) electrons. The fourth-order valence-corrected chi connectivity index (χ4v) is 2.22. The number of aromatic amines is 1. The normalized spacial score (nSPS) is 11.6. The van der Waals surface area contributed by atoms with Crippen molar-refractivity contribution < 1.29 is 0 Å². The summed E-state index contributed by atoms with van der Waals surface area (Å²) in [6.07, 6.45) is 0. The van der Waals surface area contributed by atoms with E-state index in [1.54, 1.807) is 0 Å². The van der Waals surface area contributed by atoms with Crippen molar-refractivity contribution in [2.24, 2.45) is 0 Å². The van der Waals surface area contributed by atoms with Crippen LogP contribution in [0.5, 0.6) is 0 Å². The second kappa shape index (κ2) is 4.78. The number of aryl methyl sites for hydroxylation is 1. The van der Waals surface area contributed by atoms with Crippen molar-refractivity contribution in [3.8, 4) is 11.3 Å². The average molecular weight is 273 g/mol. The summed E-state index contributed by atoms with van der Waals surface area (Å²) in [6, 6.07) is 8.31. The van der Waals surface area contributed by atoms with Gasteiger partial charge in [0.1, 0.15) is 5.82 Å². The largest absolute Gasteiger partial charge is 0.384 e. The third-order valence-electron chi connectivity index (χ3n) is 3.16. The van der Waals surface area contributed by atoms with E-state index in [0.29, 0.717) is 10.6 Å². The van der Waals surface area contributed by atoms with E-state index in [1.165, 1.54) is 11.1 Å². The topological polar surface area (TPSA) is 54.7 Å². The fourth-order valence-electron chi connectivity index (χ4n) is 2.00. The first-order valence-corrected chi connectivity index (χ1v) is 6.66. The van der Waals surface area contributed by atoms with E-state index in [0.717, 1.165) is 11.3 Å². The van der Waals surface area contributed by atoms with Crippen molar-refractivity contribution in [3.05, 3.63) is 40.2 Å². The monoisotopic (exact) mass is 273 g/mol. The molecular weight excluding hydrogens is 254 g/mol. The molecule has 19 heavy (non-hydrogen) atoms. The number of H-pyrrole nitrogens is 1. The molecule has 0 amide bonds. The summed E-state index contributed by atoms with van der Waals surface area (Å²) in [5, 5.41) is 0. The SMILES string of the molecule is Cc1ccc(C(C)(C)C)cc1-c1cc(N)nc(=S)[nH]1. The Balaban J connectivity index is 2.64. The molecule has 0 unspecified atom stereocenters. The third-order valence-corrected chi connectivity index (χ3v) is 3.35. The summed E-state index contributed by atoms with van der Waals surface area (Å²) >= 11 is 5.09. The number of hydrogen-bond donors (Lipinski definition) is 2. The minimum absolute atomic E-state index is 0.109. The van der Waals surface area contributed by atoms with Gasteiger partial charge in [-0.25, -0.2) is 4.98 Å². The van der Waals surface area contributed by atoms with Crippen LogP contribution in [-0.4, -0.2) is 9.97 Å². The Morgan fingerprint density at radius 3 is 2.47 bits per heavy atom. The quantitative estimate of drug-likeness (QED) is 0.772. The molecule has 3 nitrogen and oxygen atoms in total. The highest BCUT2D eigenvalue weighted by Crippen LogP contribution is 2.29. The predicted octanol–water partition coefficient (Wildman–Crippen LogP) is 3.99. The first kappa shape index (κ1) is 13.7. The molecule has 100 valence electrons. The summed E-state index contributed by atoms with van der Waals surface area (Å²) in [5.41, 5.74) is 10.4. The van der Waals surface area contributed by atoms with Crippen LogP contribution >= 0.6 is 12.2 Å². The fraction of sp³-hybridized carbons (Fsp3) is 0.333. The zero-order valence-electron chi connectivity index (χ0n) is 11.7. The number of nitrogen functional groups attached to an aromatic ring is 1. The summed E-state index contributed by atoms with van der Waals surface area (Å²) in [6.45, 7) is 8.68. The molecule has 0 saturated carbocycles. The van der Waals surface area contributed by atoms with Gasteiger partial charge in [0.15, 0.2) is 4.77 Å².